The van der Waals surface area contributed by atoms with Crippen LogP contribution in [0.1, 0.15) is 22.5 Å². The summed E-state index contributed by atoms with van der Waals surface area (Å²) < 4.78 is 0. The molecule has 1 fully saturated rings. The number of pyridine rings is 1. The molecule has 124 valence electrons. The fraction of sp³-hybridized carbons (Fsp3) is 0.353. The maximum absolute atomic E-state index is 12.0. The lowest BCUT2D eigenvalue weighted by Crippen LogP contribution is -2.31. The molecule has 7 nitrogen and oxygen atoms in total. The summed E-state index contributed by atoms with van der Waals surface area (Å²) in [5, 5.41) is 6.05. The number of rotatable bonds is 3. The van der Waals surface area contributed by atoms with Crippen molar-refractivity contribution < 1.29 is 9.59 Å². The number of hydrogen-bond acceptors (Lipinski definition) is 4. The molecule has 0 radical (unpaired) electrons. The fourth-order valence-corrected chi connectivity index (χ4v) is 3.26. The number of H-pyrrole nitrogens is 1. The summed E-state index contributed by atoms with van der Waals surface area (Å²) in [6, 6.07) is 5.45. The highest BCUT2D eigenvalue weighted by molar-refractivity contribution is 5.97. The van der Waals surface area contributed by atoms with Gasteiger partial charge in [-0.05, 0) is 24.6 Å². The molecule has 0 saturated carbocycles. The lowest BCUT2D eigenvalue weighted by atomic mass is 10.1. The average Bonchev–Trinajstić information content (AvgIpc) is 3.15. The van der Waals surface area contributed by atoms with Crippen molar-refractivity contribution in [2.24, 2.45) is 0 Å². The number of nitrogens with one attached hydrogen (secondary N) is 3. The number of aromatic nitrogens is 2. The number of aromatic amines is 1. The minimum absolute atomic E-state index is 0.0363. The first-order chi connectivity index (χ1) is 11.6. The maximum Gasteiger partial charge on any atom is 0.253 e. The molecule has 1 saturated heterocycles. The Morgan fingerprint density at radius 1 is 1.33 bits per heavy atom. The number of likely N-dealkylation sites (tertiary alicyclic amines) is 1. The van der Waals surface area contributed by atoms with Gasteiger partial charge in [-0.15, -0.1) is 0 Å². The molecule has 3 N–H and O–H groups in total. The first-order valence-electron chi connectivity index (χ1n) is 8.10. The largest absolute Gasteiger partial charge is 0.358 e. The molecule has 1 atom stereocenters. The second kappa shape index (κ2) is 5.67. The van der Waals surface area contributed by atoms with Crippen LogP contribution in [-0.4, -0.2) is 52.9 Å². The smallest absolute Gasteiger partial charge is 0.253 e. The van der Waals surface area contributed by atoms with Gasteiger partial charge in [-0.2, -0.15) is 0 Å². The van der Waals surface area contributed by atoms with Crippen LogP contribution in [0.3, 0.4) is 0 Å². The molecule has 24 heavy (non-hydrogen) atoms. The van der Waals surface area contributed by atoms with Crippen molar-refractivity contribution in [3.05, 3.63) is 35.7 Å². The molecule has 7 heteroatoms. The quantitative estimate of drug-likeness (QED) is 0.785. The molecule has 0 aromatic carbocycles. The van der Waals surface area contributed by atoms with Crippen LogP contribution in [0.5, 0.6) is 0 Å². The van der Waals surface area contributed by atoms with Crippen LogP contribution in [0, 0.1) is 0 Å². The summed E-state index contributed by atoms with van der Waals surface area (Å²) >= 11 is 0. The SMILES string of the molecule is CN1CC[C@@H](Nc2cc(-c3cc4c([nH]3)CCNC4=O)ccn2)C1=O. The third kappa shape index (κ3) is 2.51. The van der Waals surface area contributed by atoms with E-state index in [2.05, 4.69) is 20.6 Å². The van der Waals surface area contributed by atoms with Crippen molar-refractivity contribution in [3.63, 3.8) is 0 Å². The van der Waals surface area contributed by atoms with Gasteiger partial charge < -0.3 is 20.5 Å². The van der Waals surface area contributed by atoms with Gasteiger partial charge in [0.15, 0.2) is 0 Å². The third-order valence-corrected chi connectivity index (χ3v) is 4.63. The van der Waals surface area contributed by atoms with E-state index < -0.39 is 0 Å². The molecule has 0 aliphatic carbocycles. The highest BCUT2D eigenvalue weighted by atomic mass is 16.2. The summed E-state index contributed by atoms with van der Waals surface area (Å²) in [6.45, 7) is 1.42. The zero-order valence-electron chi connectivity index (χ0n) is 13.4. The second-order valence-electron chi connectivity index (χ2n) is 6.26. The molecule has 2 amide bonds. The van der Waals surface area contributed by atoms with E-state index in [4.69, 9.17) is 0 Å². The molecular weight excluding hydrogens is 306 g/mol. The van der Waals surface area contributed by atoms with Gasteiger partial charge in [0.05, 0.1) is 5.56 Å². The van der Waals surface area contributed by atoms with Crippen LogP contribution >= 0.6 is 0 Å². The van der Waals surface area contributed by atoms with Crippen LogP contribution in [0.15, 0.2) is 24.4 Å². The van der Waals surface area contributed by atoms with Crippen molar-refractivity contribution in [2.45, 2.75) is 18.9 Å². The Bertz CT molecular complexity index is 813. The number of likely N-dealkylation sites (N-methyl/N-ethyl adjacent to an activating group) is 1. The first-order valence-corrected chi connectivity index (χ1v) is 8.10. The Morgan fingerprint density at radius 3 is 2.96 bits per heavy atom. The number of carbonyl (C=O) groups is 2. The lowest BCUT2D eigenvalue weighted by molar-refractivity contribution is -0.127. The molecule has 2 aromatic heterocycles. The van der Waals surface area contributed by atoms with Crippen LogP contribution in [0.25, 0.3) is 11.3 Å². The number of hydrogen-bond donors (Lipinski definition) is 3. The zero-order valence-corrected chi connectivity index (χ0v) is 13.4. The van der Waals surface area contributed by atoms with E-state index in [0.29, 0.717) is 17.9 Å². The first kappa shape index (κ1) is 14.7. The monoisotopic (exact) mass is 325 g/mol. The number of fused-ring (bicyclic) bond motifs is 1. The molecule has 4 rings (SSSR count). The van der Waals surface area contributed by atoms with Gasteiger partial charge in [0.2, 0.25) is 5.91 Å². The van der Waals surface area contributed by atoms with Gasteiger partial charge in [0.1, 0.15) is 11.9 Å². The normalized spacial score (nSPS) is 20.0. The molecule has 4 heterocycles. The second-order valence-corrected chi connectivity index (χ2v) is 6.26. The summed E-state index contributed by atoms with van der Waals surface area (Å²) in [4.78, 5) is 33.3. The number of carbonyl (C=O) groups excluding carboxylic acids is 2. The Hall–Kier alpha value is -2.83. The van der Waals surface area contributed by atoms with E-state index in [1.54, 1.807) is 11.1 Å². The van der Waals surface area contributed by atoms with Gasteiger partial charge in [-0.25, -0.2) is 4.98 Å². The van der Waals surface area contributed by atoms with Gasteiger partial charge >= 0.3 is 0 Å². The molecule has 2 aliphatic rings. The van der Waals surface area contributed by atoms with E-state index in [1.807, 2.05) is 25.2 Å². The molecule has 0 spiro atoms. The Morgan fingerprint density at radius 2 is 2.21 bits per heavy atom. The summed E-state index contributed by atoms with van der Waals surface area (Å²) in [5.74, 6) is 0.720. The van der Waals surface area contributed by atoms with E-state index in [-0.39, 0.29) is 17.9 Å². The summed E-state index contributed by atoms with van der Waals surface area (Å²) in [6.07, 6.45) is 3.29. The predicted molar refractivity (Wildman–Crippen MR) is 89.7 cm³/mol. The minimum Gasteiger partial charge on any atom is -0.358 e. The van der Waals surface area contributed by atoms with Crippen molar-refractivity contribution in [1.29, 1.82) is 0 Å². The van der Waals surface area contributed by atoms with Gasteiger partial charge in [-0.3, -0.25) is 9.59 Å². The van der Waals surface area contributed by atoms with Crippen LogP contribution in [-0.2, 0) is 11.2 Å². The van der Waals surface area contributed by atoms with Crippen LogP contribution in [0.4, 0.5) is 5.82 Å². The third-order valence-electron chi connectivity index (χ3n) is 4.63. The number of amides is 2. The summed E-state index contributed by atoms with van der Waals surface area (Å²) in [5.41, 5.74) is 3.49. The number of anilines is 1. The minimum atomic E-state index is -0.222. The fourth-order valence-electron chi connectivity index (χ4n) is 3.26. The zero-order chi connectivity index (χ0) is 16.7. The Kier molecular flexibility index (Phi) is 3.48. The molecule has 2 aliphatic heterocycles. The topological polar surface area (TPSA) is 90.1 Å². The number of nitrogens with zero attached hydrogens (tertiary/aromatic N) is 2. The van der Waals surface area contributed by atoms with Crippen LogP contribution in [0.2, 0.25) is 0 Å². The standard InChI is InChI=1S/C17H19N5O2/c1-22-7-4-13(17(22)24)21-15-8-10(2-5-18-15)14-9-11-12(20-14)3-6-19-16(11)23/h2,5,8-9,13,20H,3-4,6-7H2,1H3,(H,18,21)(H,19,23)/t13-/m1/s1. The van der Waals surface area contributed by atoms with Gasteiger partial charge in [0.25, 0.3) is 5.91 Å². The van der Waals surface area contributed by atoms with Crippen molar-refractivity contribution in [1.82, 2.24) is 20.2 Å². The Balaban J connectivity index is 1.59. The maximum atomic E-state index is 12.0. The molecular formula is C17H19N5O2. The molecule has 0 bridgehead atoms. The van der Waals surface area contributed by atoms with Crippen molar-refractivity contribution >= 4 is 17.6 Å². The Labute approximate surface area is 139 Å². The molecule has 2 aromatic rings. The van der Waals surface area contributed by atoms with Crippen LogP contribution < -0.4 is 10.6 Å². The average molecular weight is 325 g/mol. The highest BCUT2D eigenvalue weighted by Gasteiger charge is 2.29. The van der Waals surface area contributed by atoms with E-state index in [1.165, 1.54) is 0 Å². The lowest BCUT2D eigenvalue weighted by Gasteiger charge is -2.13. The van der Waals surface area contributed by atoms with Crippen molar-refractivity contribution in [3.8, 4) is 11.3 Å². The van der Waals surface area contributed by atoms with Crippen molar-refractivity contribution in [2.75, 3.05) is 25.5 Å². The van der Waals surface area contributed by atoms with E-state index >= 15 is 0 Å². The van der Waals surface area contributed by atoms with Gasteiger partial charge in [0, 0.05) is 49.7 Å². The van der Waals surface area contributed by atoms with E-state index in [9.17, 15) is 9.59 Å². The van der Waals surface area contributed by atoms with Gasteiger partial charge in [-0.1, -0.05) is 0 Å². The highest BCUT2D eigenvalue weighted by Crippen LogP contribution is 2.26. The predicted octanol–water partition coefficient (Wildman–Crippen LogP) is 1.01. The van der Waals surface area contributed by atoms with E-state index in [0.717, 1.165) is 36.3 Å². The summed E-state index contributed by atoms with van der Waals surface area (Å²) in [7, 11) is 1.81. The molecule has 0 unspecified atom stereocenters.